The molecule has 2 heterocycles. The Morgan fingerprint density at radius 1 is 1.45 bits per heavy atom. The summed E-state index contributed by atoms with van der Waals surface area (Å²) < 4.78 is 4.64. The summed E-state index contributed by atoms with van der Waals surface area (Å²) in [6, 6.07) is 0. The van der Waals surface area contributed by atoms with Crippen LogP contribution < -0.4 is 0 Å². The van der Waals surface area contributed by atoms with Crippen molar-refractivity contribution in [3.05, 3.63) is 16.4 Å². The van der Waals surface area contributed by atoms with Crippen LogP contribution in [0, 0.1) is 0 Å². The molecule has 0 aliphatic carbocycles. The van der Waals surface area contributed by atoms with Crippen LogP contribution in [0.5, 0.6) is 0 Å². The van der Waals surface area contributed by atoms with Gasteiger partial charge in [-0.15, -0.1) is 11.3 Å². The van der Waals surface area contributed by atoms with E-state index >= 15 is 0 Å². The summed E-state index contributed by atoms with van der Waals surface area (Å²) in [5.74, 6) is 0. The molecule has 0 amide bonds. The Bertz CT molecular complexity index is 342. The van der Waals surface area contributed by atoms with E-state index in [4.69, 9.17) is 0 Å². The molecule has 11 heavy (non-hydrogen) atoms. The molecule has 0 spiro atoms. The van der Waals surface area contributed by atoms with Crippen LogP contribution in [-0.2, 0) is 0 Å². The average Bonchev–Trinajstić information content (AvgIpc) is 2.55. The Hall–Kier alpha value is -0.330. The molecule has 3 nitrogen and oxygen atoms in total. The number of halogens is 1. The highest BCUT2D eigenvalue weighted by atomic mass is 79.9. The average molecular weight is 248 g/mol. The van der Waals surface area contributed by atoms with Crippen molar-refractivity contribution >= 4 is 38.8 Å². The second kappa shape index (κ2) is 2.96. The van der Waals surface area contributed by atoms with Gasteiger partial charge in [-0.3, -0.25) is 4.98 Å². The summed E-state index contributed by atoms with van der Waals surface area (Å²) in [5.41, 5.74) is 1.78. The molecule has 56 valence electrons. The highest BCUT2D eigenvalue weighted by molar-refractivity contribution is 9.10. The summed E-state index contributed by atoms with van der Waals surface area (Å²) in [6.45, 7) is 0. The fourth-order valence-electron chi connectivity index (χ4n) is 0.627. The van der Waals surface area contributed by atoms with E-state index < -0.39 is 0 Å². The predicted octanol–water partition coefficient (Wildman–Crippen LogP) is 2.42. The van der Waals surface area contributed by atoms with Gasteiger partial charge in [-0.2, -0.15) is 4.37 Å². The highest BCUT2D eigenvalue weighted by Gasteiger charge is 2.04. The van der Waals surface area contributed by atoms with E-state index in [9.17, 15) is 0 Å². The maximum absolute atomic E-state index is 4.15. The Morgan fingerprint density at radius 2 is 2.36 bits per heavy atom. The summed E-state index contributed by atoms with van der Waals surface area (Å²) in [4.78, 5) is 9.16. The van der Waals surface area contributed by atoms with Gasteiger partial charge in [0, 0.05) is 6.20 Å². The molecular weight excluding hydrogens is 246 g/mol. The van der Waals surface area contributed by atoms with Crippen LogP contribution in [-0.4, -0.2) is 14.3 Å². The predicted molar refractivity (Wildman–Crippen MR) is 48.7 cm³/mol. The SMILES string of the molecule is Brc1nsc(-c2cncs2)n1. The molecule has 0 aromatic carbocycles. The second-order valence-electron chi connectivity index (χ2n) is 1.73. The van der Waals surface area contributed by atoms with Crippen LogP contribution in [0.3, 0.4) is 0 Å². The first-order valence-electron chi connectivity index (χ1n) is 2.74. The molecule has 2 aromatic rings. The summed E-state index contributed by atoms with van der Waals surface area (Å²) in [7, 11) is 0. The highest BCUT2D eigenvalue weighted by Crippen LogP contribution is 2.25. The van der Waals surface area contributed by atoms with Gasteiger partial charge in [-0.25, -0.2) is 4.98 Å². The Kier molecular flexibility index (Phi) is 1.97. The maximum atomic E-state index is 4.15. The molecule has 0 saturated heterocycles. The van der Waals surface area contributed by atoms with E-state index in [-0.39, 0.29) is 0 Å². The summed E-state index contributed by atoms with van der Waals surface area (Å²) >= 11 is 6.13. The third-order valence-corrected chi connectivity index (χ3v) is 3.29. The Morgan fingerprint density at radius 3 is 2.91 bits per heavy atom. The Labute approximate surface area is 79.4 Å². The molecule has 0 aliphatic rings. The quantitative estimate of drug-likeness (QED) is 0.777. The molecule has 0 unspecified atom stereocenters. The van der Waals surface area contributed by atoms with Gasteiger partial charge in [0.25, 0.3) is 0 Å². The molecular formula is C5H2BrN3S2. The Balaban J connectivity index is 2.45. The van der Waals surface area contributed by atoms with Crippen LogP contribution in [0.15, 0.2) is 16.4 Å². The largest absolute Gasteiger partial charge is 0.252 e. The van der Waals surface area contributed by atoms with Crippen molar-refractivity contribution in [2.24, 2.45) is 0 Å². The van der Waals surface area contributed by atoms with Gasteiger partial charge in [-0.05, 0) is 27.5 Å². The minimum Gasteiger partial charge on any atom is -0.252 e. The van der Waals surface area contributed by atoms with Gasteiger partial charge >= 0.3 is 0 Å². The lowest BCUT2D eigenvalue weighted by Crippen LogP contribution is -1.67. The van der Waals surface area contributed by atoms with Gasteiger partial charge in [-0.1, -0.05) is 0 Å². The van der Waals surface area contributed by atoms with Gasteiger partial charge in [0.2, 0.25) is 4.73 Å². The lowest BCUT2D eigenvalue weighted by atomic mass is 10.6. The molecule has 0 N–H and O–H groups in total. The number of thiazole rings is 1. The molecule has 2 rings (SSSR count). The monoisotopic (exact) mass is 247 g/mol. The topological polar surface area (TPSA) is 38.7 Å². The van der Waals surface area contributed by atoms with Crippen molar-refractivity contribution < 1.29 is 0 Å². The zero-order valence-electron chi connectivity index (χ0n) is 5.19. The smallest absolute Gasteiger partial charge is 0.209 e. The number of hydrogen-bond donors (Lipinski definition) is 0. The van der Waals surface area contributed by atoms with Crippen LogP contribution >= 0.6 is 38.8 Å². The number of hydrogen-bond acceptors (Lipinski definition) is 5. The lowest BCUT2D eigenvalue weighted by Gasteiger charge is -1.80. The zero-order valence-corrected chi connectivity index (χ0v) is 8.41. The zero-order chi connectivity index (χ0) is 7.68. The first kappa shape index (κ1) is 7.33. The number of aromatic nitrogens is 3. The van der Waals surface area contributed by atoms with Crippen LogP contribution in [0.1, 0.15) is 0 Å². The minimum atomic E-state index is 0.644. The minimum absolute atomic E-state index is 0.644. The standard InChI is InChI=1S/C5H2BrN3S2/c6-5-8-4(11-9-5)3-1-7-2-10-3/h1-2H. The van der Waals surface area contributed by atoms with E-state index in [1.165, 1.54) is 11.5 Å². The molecule has 0 saturated carbocycles. The van der Waals surface area contributed by atoms with Crippen molar-refractivity contribution in [3.63, 3.8) is 0 Å². The molecule has 0 radical (unpaired) electrons. The third-order valence-electron chi connectivity index (χ3n) is 1.04. The van der Waals surface area contributed by atoms with Crippen molar-refractivity contribution in [2.45, 2.75) is 0 Å². The van der Waals surface area contributed by atoms with E-state index in [1.54, 1.807) is 23.0 Å². The van der Waals surface area contributed by atoms with E-state index in [0.717, 1.165) is 9.88 Å². The normalized spacial score (nSPS) is 10.3. The molecule has 0 aliphatic heterocycles. The molecule has 0 bridgehead atoms. The first-order chi connectivity index (χ1) is 5.36. The van der Waals surface area contributed by atoms with Crippen molar-refractivity contribution in [1.29, 1.82) is 0 Å². The molecule has 6 heteroatoms. The van der Waals surface area contributed by atoms with Crippen molar-refractivity contribution in [3.8, 4) is 9.88 Å². The number of nitrogens with zero attached hydrogens (tertiary/aromatic N) is 3. The van der Waals surface area contributed by atoms with E-state index in [0.29, 0.717) is 4.73 Å². The van der Waals surface area contributed by atoms with Gasteiger partial charge in [0.1, 0.15) is 0 Å². The summed E-state index contributed by atoms with van der Waals surface area (Å²) in [5, 5.41) is 0.916. The van der Waals surface area contributed by atoms with Crippen LogP contribution in [0.2, 0.25) is 0 Å². The molecule has 2 aromatic heterocycles. The van der Waals surface area contributed by atoms with E-state index in [1.807, 2.05) is 0 Å². The fraction of sp³-hybridized carbons (Fsp3) is 0. The molecule has 0 atom stereocenters. The first-order valence-corrected chi connectivity index (χ1v) is 5.19. The molecule has 0 fully saturated rings. The van der Waals surface area contributed by atoms with Crippen LogP contribution in [0.4, 0.5) is 0 Å². The van der Waals surface area contributed by atoms with Crippen molar-refractivity contribution in [2.75, 3.05) is 0 Å². The van der Waals surface area contributed by atoms with Gasteiger partial charge in [0.05, 0.1) is 10.4 Å². The van der Waals surface area contributed by atoms with Gasteiger partial charge < -0.3 is 0 Å². The third kappa shape index (κ3) is 1.47. The van der Waals surface area contributed by atoms with E-state index in [2.05, 4.69) is 30.3 Å². The van der Waals surface area contributed by atoms with Crippen molar-refractivity contribution in [1.82, 2.24) is 14.3 Å². The lowest BCUT2D eigenvalue weighted by molar-refractivity contribution is 1.26. The van der Waals surface area contributed by atoms with Crippen LogP contribution in [0.25, 0.3) is 9.88 Å². The number of rotatable bonds is 1. The van der Waals surface area contributed by atoms with Gasteiger partial charge in [0.15, 0.2) is 5.01 Å². The summed E-state index contributed by atoms with van der Waals surface area (Å²) in [6.07, 6.45) is 1.79. The fourth-order valence-corrected chi connectivity index (χ4v) is 2.37. The second-order valence-corrected chi connectivity index (χ2v) is 4.08. The maximum Gasteiger partial charge on any atom is 0.209 e.